The molecule has 0 radical (unpaired) electrons. The van der Waals surface area contributed by atoms with Gasteiger partial charge in [0.2, 0.25) is 5.91 Å². The molecular weight excluding hydrogens is 326 g/mol. The Kier molecular flexibility index (Phi) is 4.29. The molecule has 0 aliphatic carbocycles. The van der Waals surface area contributed by atoms with Crippen LogP contribution in [0.15, 0.2) is 36.4 Å². The highest BCUT2D eigenvalue weighted by molar-refractivity contribution is 5.92. The van der Waals surface area contributed by atoms with Crippen LogP contribution in [0.25, 0.3) is 11.0 Å². The van der Waals surface area contributed by atoms with E-state index in [2.05, 4.69) is 15.6 Å². The van der Waals surface area contributed by atoms with Crippen LogP contribution in [0.4, 0.5) is 11.4 Å². The van der Waals surface area contributed by atoms with Crippen molar-refractivity contribution in [1.82, 2.24) is 15.0 Å². The third-order valence-corrected chi connectivity index (χ3v) is 3.71. The van der Waals surface area contributed by atoms with E-state index in [1.54, 1.807) is 6.92 Å². The summed E-state index contributed by atoms with van der Waals surface area (Å²) in [7, 11) is 1.34. The number of nitro benzene ring substituents is 1. The number of hydrogen-bond acceptors (Lipinski definition) is 6. The van der Waals surface area contributed by atoms with Gasteiger partial charge in [-0.05, 0) is 24.6 Å². The molecule has 1 N–H and O–H groups in total. The summed E-state index contributed by atoms with van der Waals surface area (Å²) in [6, 6.07) is 10.1. The zero-order valence-electron chi connectivity index (χ0n) is 13.6. The summed E-state index contributed by atoms with van der Waals surface area (Å²) in [6.07, 6.45) is 0. The number of hydrogen-bond donors (Lipinski definition) is 1. The van der Waals surface area contributed by atoms with Crippen LogP contribution in [0.2, 0.25) is 0 Å². The van der Waals surface area contributed by atoms with Crippen LogP contribution < -0.4 is 10.1 Å². The Labute approximate surface area is 142 Å². The quantitative estimate of drug-likeness (QED) is 0.563. The van der Waals surface area contributed by atoms with Gasteiger partial charge in [-0.2, -0.15) is 0 Å². The lowest BCUT2D eigenvalue weighted by molar-refractivity contribution is -0.385. The molecular formula is C16H15N5O4. The molecule has 3 rings (SSSR count). The number of para-hydroxylation sites is 1. The van der Waals surface area contributed by atoms with Gasteiger partial charge in [0.05, 0.1) is 17.5 Å². The second kappa shape index (κ2) is 6.56. The van der Waals surface area contributed by atoms with Crippen molar-refractivity contribution >= 4 is 28.3 Å². The van der Waals surface area contributed by atoms with Gasteiger partial charge in [-0.3, -0.25) is 14.9 Å². The van der Waals surface area contributed by atoms with Crippen LogP contribution in [-0.4, -0.2) is 32.9 Å². The van der Waals surface area contributed by atoms with E-state index in [1.807, 2.05) is 24.3 Å². The minimum Gasteiger partial charge on any atom is -0.490 e. The molecule has 0 aliphatic rings. The summed E-state index contributed by atoms with van der Waals surface area (Å²) in [5.41, 5.74) is 2.29. The van der Waals surface area contributed by atoms with Crippen LogP contribution in [0.5, 0.6) is 5.75 Å². The Bertz CT molecular complexity index is 966. The second-order valence-corrected chi connectivity index (χ2v) is 5.38. The highest BCUT2D eigenvalue weighted by Gasteiger charge is 2.18. The largest absolute Gasteiger partial charge is 0.490 e. The van der Waals surface area contributed by atoms with Crippen molar-refractivity contribution in [3.8, 4) is 5.75 Å². The molecule has 1 amide bonds. The minimum absolute atomic E-state index is 0.0285. The minimum atomic E-state index is -0.529. The molecule has 0 atom stereocenters. The number of fused-ring (bicyclic) bond motifs is 1. The van der Waals surface area contributed by atoms with Crippen molar-refractivity contribution in [2.45, 2.75) is 13.5 Å². The van der Waals surface area contributed by atoms with Crippen LogP contribution in [-0.2, 0) is 11.3 Å². The number of amides is 1. The molecule has 1 heterocycles. The lowest BCUT2D eigenvalue weighted by Gasteiger charge is -2.11. The van der Waals surface area contributed by atoms with E-state index in [4.69, 9.17) is 4.74 Å². The van der Waals surface area contributed by atoms with Crippen LogP contribution in [0.1, 0.15) is 5.56 Å². The van der Waals surface area contributed by atoms with Crippen LogP contribution in [0, 0.1) is 17.0 Å². The number of carbonyl (C=O) groups is 1. The van der Waals surface area contributed by atoms with Crippen molar-refractivity contribution in [3.05, 3.63) is 52.1 Å². The smallest absolute Gasteiger partial charge is 0.311 e. The van der Waals surface area contributed by atoms with Gasteiger partial charge in [-0.15, -0.1) is 5.10 Å². The van der Waals surface area contributed by atoms with E-state index in [0.29, 0.717) is 16.8 Å². The number of nitrogens with zero attached hydrogens (tertiary/aromatic N) is 4. The Morgan fingerprint density at radius 2 is 2.12 bits per heavy atom. The third kappa shape index (κ3) is 3.25. The Morgan fingerprint density at radius 3 is 2.84 bits per heavy atom. The van der Waals surface area contributed by atoms with Gasteiger partial charge >= 0.3 is 5.69 Å². The van der Waals surface area contributed by atoms with E-state index in [9.17, 15) is 14.9 Å². The first kappa shape index (κ1) is 16.4. The number of ether oxygens (including phenoxy) is 1. The molecule has 1 aromatic heterocycles. The maximum atomic E-state index is 12.3. The SMILES string of the molecule is COc1cc(NC(=O)Cn2nnc3ccccc32)c(C)cc1[N+](=O)[O-]. The summed E-state index contributed by atoms with van der Waals surface area (Å²) in [5, 5.41) is 21.7. The number of aryl methyl sites for hydroxylation is 1. The number of methoxy groups -OCH3 is 1. The number of nitrogens with one attached hydrogen (secondary N) is 1. The predicted octanol–water partition coefficient (Wildman–Crippen LogP) is 2.30. The number of rotatable bonds is 5. The van der Waals surface area contributed by atoms with Gasteiger partial charge < -0.3 is 10.1 Å². The van der Waals surface area contributed by atoms with Gasteiger partial charge in [-0.25, -0.2) is 4.68 Å². The molecule has 0 saturated heterocycles. The molecule has 25 heavy (non-hydrogen) atoms. The highest BCUT2D eigenvalue weighted by Crippen LogP contribution is 2.32. The summed E-state index contributed by atoms with van der Waals surface area (Å²) in [5.74, 6) is -0.244. The molecule has 0 aliphatic heterocycles. The number of nitro groups is 1. The van der Waals surface area contributed by atoms with E-state index in [0.717, 1.165) is 5.52 Å². The van der Waals surface area contributed by atoms with Crippen LogP contribution in [0.3, 0.4) is 0 Å². The highest BCUT2D eigenvalue weighted by atomic mass is 16.6. The van der Waals surface area contributed by atoms with E-state index >= 15 is 0 Å². The fourth-order valence-electron chi connectivity index (χ4n) is 2.47. The lowest BCUT2D eigenvalue weighted by atomic mass is 10.1. The van der Waals surface area contributed by atoms with Crippen molar-refractivity contribution < 1.29 is 14.5 Å². The maximum absolute atomic E-state index is 12.3. The average molecular weight is 341 g/mol. The van der Waals surface area contributed by atoms with Crippen molar-refractivity contribution in [2.75, 3.05) is 12.4 Å². The standard InChI is InChI=1S/C16H15N5O4/c1-10-7-14(21(23)24)15(25-2)8-12(10)17-16(22)9-20-13-6-4-3-5-11(13)18-19-20/h3-8H,9H2,1-2H3,(H,17,22). The molecule has 128 valence electrons. The maximum Gasteiger partial charge on any atom is 0.311 e. The molecule has 0 spiro atoms. The van der Waals surface area contributed by atoms with E-state index in [-0.39, 0.29) is 23.9 Å². The van der Waals surface area contributed by atoms with Crippen molar-refractivity contribution in [1.29, 1.82) is 0 Å². The number of aromatic nitrogens is 3. The number of anilines is 1. The van der Waals surface area contributed by atoms with Gasteiger partial charge in [0, 0.05) is 17.8 Å². The lowest BCUT2D eigenvalue weighted by Crippen LogP contribution is -2.20. The van der Waals surface area contributed by atoms with Gasteiger partial charge in [-0.1, -0.05) is 17.3 Å². The molecule has 0 fully saturated rings. The van der Waals surface area contributed by atoms with Gasteiger partial charge in [0.15, 0.2) is 5.75 Å². The van der Waals surface area contributed by atoms with Crippen molar-refractivity contribution in [2.24, 2.45) is 0 Å². The third-order valence-electron chi connectivity index (χ3n) is 3.71. The Balaban J connectivity index is 1.82. The van der Waals surface area contributed by atoms with E-state index in [1.165, 1.54) is 23.9 Å². The topological polar surface area (TPSA) is 112 Å². The molecule has 2 aromatic carbocycles. The van der Waals surface area contributed by atoms with Crippen molar-refractivity contribution in [3.63, 3.8) is 0 Å². The molecule has 3 aromatic rings. The Morgan fingerprint density at radius 1 is 1.36 bits per heavy atom. The Hall–Kier alpha value is -3.49. The molecule has 0 saturated carbocycles. The summed E-state index contributed by atoms with van der Waals surface area (Å²) in [6.45, 7) is 1.65. The fourth-order valence-corrected chi connectivity index (χ4v) is 2.47. The summed E-state index contributed by atoms with van der Waals surface area (Å²) >= 11 is 0. The zero-order valence-corrected chi connectivity index (χ0v) is 13.6. The van der Waals surface area contributed by atoms with Gasteiger partial charge in [0.25, 0.3) is 0 Å². The average Bonchev–Trinajstić information content (AvgIpc) is 2.99. The monoisotopic (exact) mass is 341 g/mol. The molecule has 0 bridgehead atoms. The van der Waals surface area contributed by atoms with Crippen LogP contribution >= 0.6 is 0 Å². The number of benzene rings is 2. The summed E-state index contributed by atoms with van der Waals surface area (Å²) in [4.78, 5) is 22.8. The zero-order chi connectivity index (χ0) is 18.0. The normalized spacial score (nSPS) is 10.6. The van der Waals surface area contributed by atoms with E-state index < -0.39 is 4.92 Å². The molecule has 0 unspecified atom stereocenters. The second-order valence-electron chi connectivity index (χ2n) is 5.38. The summed E-state index contributed by atoms with van der Waals surface area (Å²) < 4.78 is 6.52. The molecule has 9 nitrogen and oxygen atoms in total. The first-order valence-corrected chi connectivity index (χ1v) is 7.40. The van der Waals surface area contributed by atoms with Gasteiger partial charge in [0.1, 0.15) is 12.1 Å². The fraction of sp³-hybridized carbons (Fsp3) is 0.188. The first-order valence-electron chi connectivity index (χ1n) is 7.40. The molecule has 9 heteroatoms. The first-order chi connectivity index (χ1) is 12.0. The number of carbonyl (C=O) groups excluding carboxylic acids is 1. The predicted molar refractivity (Wildman–Crippen MR) is 90.5 cm³/mol.